The number of carboxylic acid groups (broad SMARTS) is 1. The monoisotopic (exact) mass is 361 g/mol. The van der Waals surface area contributed by atoms with Gasteiger partial charge in [-0.3, -0.25) is 9.59 Å². The fourth-order valence-corrected chi connectivity index (χ4v) is 3.27. The molecule has 0 heterocycles. The van der Waals surface area contributed by atoms with Crippen LogP contribution in [-0.2, 0) is 9.59 Å². The first-order valence-corrected chi connectivity index (χ1v) is 9.59. The highest BCUT2D eigenvalue weighted by atomic mass is 16.4. The van der Waals surface area contributed by atoms with E-state index in [4.69, 9.17) is 10.4 Å². The number of rotatable bonds is 12. The van der Waals surface area contributed by atoms with Crippen LogP contribution in [0, 0.1) is 29.1 Å². The highest BCUT2D eigenvalue weighted by molar-refractivity contribution is 5.83. The molecule has 0 bridgehead atoms. The molecule has 1 unspecified atom stereocenters. The molecule has 0 saturated heterocycles. The number of hydrogen-bond donors (Lipinski definition) is 2. The molecular weight excluding hydrogens is 330 g/mol. The summed E-state index contributed by atoms with van der Waals surface area (Å²) in [5.74, 6) is -0.362. The molecule has 0 radical (unpaired) electrons. The average molecular weight is 361 g/mol. The number of hydrogen-bond acceptors (Lipinski definition) is 4. The number of aliphatic hydroxyl groups is 1. The normalized spacial score (nSPS) is 22.7. The minimum atomic E-state index is -0.782. The molecule has 26 heavy (non-hydrogen) atoms. The molecule has 0 amide bonds. The van der Waals surface area contributed by atoms with Crippen molar-refractivity contribution >= 4 is 11.8 Å². The van der Waals surface area contributed by atoms with E-state index in [9.17, 15) is 14.7 Å². The van der Waals surface area contributed by atoms with Crippen LogP contribution >= 0.6 is 0 Å². The van der Waals surface area contributed by atoms with Gasteiger partial charge in [0, 0.05) is 24.7 Å². The molecule has 0 aromatic rings. The fraction of sp³-hybridized carbons (Fsp3) is 0.667. The summed E-state index contributed by atoms with van der Waals surface area (Å²) in [6.45, 7) is 1.88. The first-order chi connectivity index (χ1) is 12.4. The lowest BCUT2D eigenvalue weighted by Gasteiger charge is -2.14. The van der Waals surface area contributed by atoms with Crippen LogP contribution in [0.25, 0.3) is 0 Å². The van der Waals surface area contributed by atoms with E-state index >= 15 is 0 Å². The first-order valence-electron chi connectivity index (χ1n) is 9.59. The van der Waals surface area contributed by atoms with Crippen LogP contribution in [0.5, 0.6) is 0 Å². The summed E-state index contributed by atoms with van der Waals surface area (Å²) in [7, 11) is 0. The Labute approximate surface area is 156 Å². The Morgan fingerprint density at radius 3 is 2.81 bits per heavy atom. The molecule has 144 valence electrons. The lowest BCUT2D eigenvalue weighted by atomic mass is 9.91. The number of Topliss-reactive ketones (excluding diaryl/α,β-unsaturated/α-hetero) is 1. The summed E-state index contributed by atoms with van der Waals surface area (Å²) < 4.78 is 0. The number of unbranched alkanes of at least 4 members (excludes halogenated alkanes) is 1. The zero-order chi connectivity index (χ0) is 19.4. The number of nitrogens with zero attached hydrogens (tertiary/aromatic N) is 1. The van der Waals surface area contributed by atoms with E-state index < -0.39 is 12.1 Å². The van der Waals surface area contributed by atoms with Crippen molar-refractivity contribution in [1.29, 1.82) is 5.26 Å². The molecule has 0 aromatic heterocycles. The van der Waals surface area contributed by atoms with Gasteiger partial charge in [0.05, 0.1) is 12.2 Å². The van der Waals surface area contributed by atoms with Crippen LogP contribution in [0.15, 0.2) is 24.3 Å². The molecular formula is C21H31NO4. The maximum absolute atomic E-state index is 12.1. The largest absolute Gasteiger partial charge is 0.481 e. The molecule has 0 aromatic carbocycles. The van der Waals surface area contributed by atoms with Crippen molar-refractivity contribution in [3.05, 3.63) is 24.3 Å². The molecule has 4 atom stereocenters. The summed E-state index contributed by atoms with van der Waals surface area (Å²) in [4.78, 5) is 22.5. The van der Waals surface area contributed by atoms with Gasteiger partial charge in [0.15, 0.2) is 0 Å². The zero-order valence-corrected chi connectivity index (χ0v) is 15.6. The molecule has 5 heteroatoms. The first kappa shape index (κ1) is 22.1. The summed E-state index contributed by atoms with van der Waals surface area (Å²) in [5, 5.41) is 27.4. The minimum Gasteiger partial charge on any atom is -0.481 e. The molecule has 1 aliphatic carbocycles. The predicted octanol–water partition coefficient (Wildman–Crippen LogP) is 4.03. The standard InChI is InChI=1S/C21H31NO4/c1-16(15-22)7-6-8-18(23)13-11-17-12-14-20(24)19(17)9-4-2-3-5-10-21(25)26/h2,4,11,13,16-19,23H,3,5-10,12,14H2,1H3,(H,25,26)/b4-2-,13-11?/t16?,17-,18+,19-/m1/s1. The number of allylic oxidation sites excluding steroid dienone is 3. The summed E-state index contributed by atoms with van der Waals surface area (Å²) in [6.07, 6.45) is 13.0. The number of aliphatic hydroxyl groups excluding tert-OH is 1. The summed E-state index contributed by atoms with van der Waals surface area (Å²) in [5.41, 5.74) is 0. The van der Waals surface area contributed by atoms with E-state index in [1.54, 1.807) is 6.08 Å². The Bertz CT molecular complexity index is 547. The van der Waals surface area contributed by atoms with Crippen molar-refractivity contribution in [2.45, 2.75) is 70.8 Å². The van der Waals surface area contributed by atoms with E-state index in [2.05, 4.69) is 6.07 Å². The second kappa shape index (κ2) is 12.4. The number of carbonyl (C=O) groups excluding carboxylic acids is 1. The van der Waals surface area contributed by atoms with Crippen LogP contribution in [0.2, 0.25) is 0 Å². The summed E-state index contributed by atoms with van der Waals surface area (Å²) in [6, 6.07) is 2.19. The lowest BCUT2D eigenvalue weighted by molar-refractivity contribution is -0.137. The third kappa shape index (κ3) is 8.96. The van der Waals surface area contributed by atoms with Gasteiger partial charge >= 0.3 is 5.97 Å². The third-order valence-corrected chi connectivity index (χ3v) is 4.91. The van der Waals surface area contributed by atoms with Crippen LogP contribution < -0.4 is 0 Å². The van der Waals surface area contributed by atoms with E-state index in [1.165, 1.54) is 0 Å². The Balaban J connectivity index is 2.37. The van der Waals surface area contributed by atoms with E-state index in [0.717, 1.165) is 19.3 Å². The minimum absolute atomic E-state index is 0.0188. The Kier molecular flexibility index (Phi) is 10.6. The quantitative estimate of drug-likeness (QED) is 0.404. The van der Waals surface area contributed by atoms with Gasteiger partial charge in [0.25, 0.3) is 0 Å². The molecule has 0 spiro atoms. The Morgan fingerprint density at radius 1 is 1.35 bits per heavy atom. The molecule has 1 rings (SSSR count). The highest BCUT2D eigenvalue weighted by Crippen LogP contribution is 2.33. The van der Waals surface area contributed by atoms with Crippen LogP contribution in [-0.4, -0.2) is 28.1 Å². The van der Waals surface area contributed by atoms with Crippen molar-refractivity contribution in [3.8, 4) is 6.07 Å². The van der Waals surface area contributed by atoms with Crippen LogP contribution in [0.4, 0.5) is 0 Å². The average Bonchev–Trinajstić information content (AvgIpc) is 2.95. The number of carboxylic acids is 1. The molecule has 1 fully saturated rings. The van der Waals surface area contributed by atoms with Crippen molar-refractivity contribution in [2.75, 3.05) is 0 Å². The third-order valence-electron chi connectivity index (χ3n) is 4.91. The maximum atomic E-state index is 12.1. The number of carbonyl (C=O) groups is 2. The van der Waals surface area contributed by atoms with Gasteiger partial charge in [0.1, 0.15) is 5.78 Å². The SMILES string of the molecule is CC(C#N)CCC[C@H](O)C=C[C@@H]1CCC(=O)[C@@H]1C/C=C\CCCC(=O)O. The molecule has 0 aliphatic heterocycles. The number of ketones is 1. The Hall–Kier alpha value is -1.93. The van der Waals surface area contributed by atoms with E-state index in [0.29, 0.717) is 32.1 Å². The van der Waals surface area contributed by atoms with Gasteiger partial charge in [-0.15, -0.1) is 0 Å². The predicted molar refractivity (Wildman–Crippen MR) is 100 cm³/mol. The van der Waals surface area contributed by atoms with E-state index in [1.807, 2.05) is 25.2 Å². The van der Waals surface area contributed by atoms with Crippen LogP contribution in [0.3, 0.4) is 0 Å². The molecule has 5 nitrogen and oxygen atoms in total. The second-order valence-corrected chi connectivity index (χ2v) is 7.18. The van der Waals surface area contributed by atoms with Gasteiger partial charge in [0.2, 0.25) is 0 Å². The second-order valence-electron chi connectivity index (χ2n) is 7.18. The van der Waals surface area contributed by atoms with Crippen molar-refractivity contribution in [3.63, 3.8) is 0 Å². The van der Waals surface area contributed by atoms with Crippen LogP contribution in [0.1, 0.15) is 64.7 Å². The zero-order valence-electron chi connectivity index (χ0n) is 15.6. The van der Waals surface area contributed by atoms with Gasteiger partial charge in [-0.05, 0) is 57.8 Å². The van der Waals surface area contributed by atoms with Crippen molar-refractivity contribution < 1.29 is 19.8 Å². The molecule has 1 saturated carbocycles. The van der Waals surface area contributed by atoms with Crippen molar-refractivity contribution in [2.24, 2.45) is 17.8 Å². The fourth-order valence-electron chi connectivity index (χ4n) is 3.27. The Morgan fingerprint density at radius 2 is 2.12 bits per heavy atom. The summed E-state index contributed by atoms with van der Waals surface area (Å²) >= 11 is 0. The molecule has 2 N–H and O–H groups in total. The van der Waals surface area contributed by atoms with Crippen molar-refractivity contribution in [1.82, 2.24) is 0 Å². The van der Waals surface area contributed by atoms with Gasteiger partial charge in [-0.25, -0.2) is 0 Å². The maximum Gasteiger partial charge on any atom is 0.303 e. The number of nitriles is 1. The number of aliphatic carboxylic acids is 1. The highest BCUT2D eigenvalue weighted by Gasteiger charge is 2.31. The lowest BCUT2D eigenvalue weighted by Crippen LogP contribution is -2.13. The van der Waals surface area contributed by atoms with Gasteiger partial charge in [-0.1, -0.05) is 24.3 Å². The smallest absolute Gasteiger partial charge is 0.303 e. The van der Waals surface area contributed by atoms with E-state index in [-0.39, 0.29) is 30.0 Å². The topological polar surface area (TPSA) is 98.4 Å². The van der Waals surface area contributed by atoms with Gasteiger partial charge < -0.3 is 10.2 Å². The van der Waals surface area contributed by atoms with Gasteiger partial charge in [-0.2, -0.15) is 5.26 Å². The molecule has 1 aliphatic rings.